The minimum absolute atomic E-state index is 0. The third-order valence-electron chi connectivity index (χ3n) is 4.41. The first kappa shape index (κ1) is 23.7. The number of ether oxygens (including phenoxy) is 1. The van der Waals surface area contributed by atoms with Crippen LogP contribution in [0.4, 0.5) is 0 Å². The van der Waals surface area contributed by atoms with Crippen molar-refractivity contribution in [2.24, 2.45) is 4.99 Å². The van der Waals surface area contributed by atoms with Gasteiger partial charge in [0.25, 0.3) is 5.91 Å². The SMILES string of the molecule is CCNC(=NCc1ccc(C(=O)N2CCCCC2)cc1)NC(C)COC.I. The Bertz CT molecular complexity index is 586. The van der Waals surface area contributed by atoms with E-state index in [2.05, 4.69) is 22.5 Å². The summed E-state index contributed by atoms with van der Waals surface area (Å²) < 4.78 is 5.15. The Morgan fingerprint density at radius 3 is 2.48 bits per heavy atom. The van der Waals surface area contributed by atoms with Crippen molar-refractivity contribution in [2.75, 3.05) is 33.4 Å². The highest BCUT2D eigenvalue weighted by Crippen LogP contribution is 2.14. The Balaban J connectivity index is 0.00000364. The van der Waals surface area contributed by atoms with E-state index in [1.807, 2.05) is 36.1 Å². The minimum Gasteiger partial charge on any atom is -0.383 e. The second-order valence-electron chi connectivity index (χ2n) is 6.75. The number of methoxy groups -OCH3 is 1. The number of halogens is 1. The average Bonchev–Trinajstić information content (AvgIpc) is 2.67. The van der Waals surface area contributed by atoms with Crippen molar-refractivity contribution >= 4 is 35.8 Å². The van der Waals surface area contributed by atoms with Crippen molar-refractivity contribution in [3.05, 3.63) is 35.4 Å². The molecule has 152 valence electrons. The summed E-state index contributed by atoms with van der Waals surface area (Å²) in [5.74, 6) is 0.911. The standard InChI is InChI=1S/C20H32N4O2.HI/c1-4-21-20(23-16(2)15-26-3)22-14-17-8-10-18(11-9-17)19(25)24-12-6-5-7-13-24;/h8-11,16H,4-7,12-15H2,1-3H3,(H2,21,22,23);1H. The molecule has 6 nitrogen and oxygen atoms in total. The van der Waals surface area contributed by atoms with Gasteiger partial charge in [-0.15, -0.1) is 24.0 Å². The largest absolute Gasteiger partial charge is 0.383 e. The number of hydrogen-bond acceptors (Lipinski definition) is 3. The highest BCUT2D eigenvalue weighted by molar-refractivity contribution is 14.0. The molecule has 0 aromatic heterocycles. The molecule has 1 aromatic rings. The quantitative estimate of drug-likeness (QED) is 0.352. The smallest absolute Gasteiger partial charge is 0.253 e. The zero-order chi connectivity index (χ0) is 18.8. The Kier molecular flexibility index (Phi) is 11.3. The fraction of sp³-hybridized carbons (Fsp3) is 0.600. The molecule has 0 bridgehead atoms. The van der Waals surface area contributed by atoms with E-state index in [1.165, 1.54) is 6.42 Å². The summed E-state index contributed by atoms with van der Waals surface area (Å²) in [4.78, 5) is 19.1. The number of piperidine rings is 1. The van der Waals surface area contributed by atoms with Gasteiger partial charge in [0.05, 0.1) is 13.2 Å². The van der Waals surface area contributed by atoms with Crippen molar-refractivity contribution < 1.29 is 9.53 Å². The number of nitrogens with zero attached hydrogens (tertiary/aromatic N) is 2. The maximum Gasteiger partial charge on any atom is 0.253 e. The number of rotatable bonds is 7. The third kappa shape index (κ3) is 8.04. The highest BCUT2D eigenvalue weighted by atomic mass is 127. The van der Waals surface area contributed by atoms with Crippen molar-refractivity contribution in [3.8, 4) is 0 Å². The van der Waals surface area contributed by atoms with E-state index in [-0.39, 0.29) is 35.9 Å². The molecule has 27 heavy (non-hydrogen) atoms. The number of benzene rings is 1. The van der Waals surface area contributed by atoms with Crippen LogP contribution in [-0.4, -0.2) is 56.2 Å². The fourth-order valence-corrected chi connectivity index (χ4v) is 3.05. The van der Waals surface area contributed by atoms with E-state index in [0.29, 0.717) is 13.2 Å². The summed E-state index contributed by atoms with van der Waals surface area (Å²) in [5, 5.41) is 6.55. The van der Waals surface area contributed by atoms with Gasteiger partial charge in [0.1, 0.15) is 0 Å². The fourth-order valence-electron chi connectivity index (χ4n) is 3.05. The molecule has 1 saturated heterocycles. The molecule has 0 spiro atoms. The van der Waals surface area contributed by atoms with Gasteiger partial charge in [-0.05, 0) is 50.8 Å². The van der Waals surface area contributed by atoms with Gasteiger partial charge in [0, 0.05) is 38.3 Å². The van der Waals surface area contributed by atoms with Crippen molar-refractivity contribution in [2.45, 2.75) is 45.7 Å². The predicted molar refractivity (Wildman–Crippen MR) is 121 cm³/mol. The van der Waals surface area contributed by atoms with Crippen LogP contribution < -0.4 is 10.6 Å². The number of likely N-dealkylation sites (tertiary alicyclic amines) is 1. The van der Waals surface area contributed by atoms with E-state index in [9.17, 15) is 4.79 Å². The topological polar surface area (TPSA) is 66.0 Å². The second kappa shape index (κ2) is 12.9. The molecule has 7 heteroatoms. The lowest BCUT2D eigenvalue weighted by molar-refractivity contribution is 0.0724. The van der Waals surface area contributed by atoms with Gasteiger partial charge in [0.15, 0.2) is 5.96 Å². The molecule has 2 rings (SSSR count). The molecular weight excluding hydrogens is 455 g/mol. The highest BCUT2D eigenvalue weighted by Gasteiger charge is 2.17. The van der Waals surface area contributed by atoms with Crippen molar-refractivity contribution in [3.63, 3.8) is 0 Å². The number of aliphatic imine (C=N–C) groups is 1. The molecule has 0 aliphatic carbocycles. The molecule has 1 aliphatic rings. The van der Waals surface area contributed by atoms with Crippen LogP contribution in [0, 0.1) is 0 Å². The van der Waals surface area contributed by atoms with Crippen molar-refractivity contribution in [1.82, 2.24) is 15.5 Å². The summed E-state index contributed by atoms with van der Waals surface area (Å²) in [5.41, 5.74) is 1.84. The van der Waals surface area contributed by atoms with E-state index in [0.717, 1.165) is 49.6 Å². The number of guanidine groups is 1. The van der Waals surface area contributed by atoms with Crippen LogP contribution in [0.1, 0.15) is 49.0 Å². The number of amides is 1. The maximum absolute atomic E-state index is 12.5. The summed E-state index contributed by atoms with van der Waals surface area (Å²) in [6.45, 7) is 7.83. The molecule has 1 aliphatic heterocycles. The molecule has 0 radical (unpaired) electrons. The zero-order valence-corrected chi connectivity index (χ0v) is 19.0. The molecule has 2 N–H and O–H groups in total. The van der Waals surface area contributed by atoms with Crippen LogP contribution >= 0.6 is 24.0 Å². The van der Waals surface area contributed by atoms with E-state index >= 15 is 0 Å². The maximum atomic E-state index is 12.5. The predicted octanol–water partition coefficient (Wildman–Crippen LogP) is 3.02. The van der Waals surface area contributed by atoms with Gasteiger partial charge < -0.3 is 20.3 Å². The Labute approximate surface area is 180 Å². The monoisotopic (exact) mass is 488 g/mol. The normalized spacial score (nSPS) is 15.7. The third-order valence-corrected chi connectivity index (χ3v) is 4.41. The number of carbonyl (C=O) groups excluding carboxylic acids is 1. The number of nitrogens with one attached hydrogen (secondary N) is 2. The molecule has 1 fully saturated rings. The van der Waals surface area contributed by atoms with E-state index in [1.54, 1.807) is 7.11 Å². The Hall–Kier alpha value is -1.35. The molecule has 1 aromatic carbocycles. The van der Waals surface area contributed by atoms with E-state index in [4.69, 9.17) is 4.74 Å². The minimum atomic E-state index is 0. The van der Waals surface area contributed by atoms with Crippen LogP contribution in [0.15, 0.2) is 29.3 Å². The molecular formula is C20H33IN4O2. The number of hydrogen-bond donors (Lipinski definition) is 2. The van der Waals surface area contributed by atoms with Gasteiger partial charge in [-0.2, -0.15) is 0 Å². The lowest BCUT2D eigenvalue weighted by Gasteiger charge is -2.26. The molecule has 1 heterocycles. The molecule has 1 amide bonds. The van der Waals surface area contributed by atoms with Gasteiger partial charge in [-0.25, -0.2) is 4.99 Å². The van der Waals surface area contributed by atoms with Crippen LogP contribution in [0.25, 0.3) is 0 Å². The van der Waals surface area contributed by atoms with Crippen LogP contribution in [0.2, 0.25) is 0 Å². The van der Waals surface area contributed by atoms with Crippen LogP contribution in [0.5, 0.6) is 0 Å². The zero-order valence-electron chi connectivity index (χ0n) is 16.7. The molecule has 0 saturated carbocycles. The van der Waals surface area contributed by atoms with Gasteiger partial charge in [-0.3, -0.25) is 4.79 Å². The Morgan fingerprint density at radius 1 is 1.22 bits per heavy atom. The summed E-state index contributed by atoms with van der Waals surface area (Å²) in [6.07, 6.45) is 3.45. The Morgan fingerprint density at radius 2 is 1.89 bits per heavy atom. The van der Waals surface area contributed by atoms with Gasteiger partial charge in [0.2, 0.25) is 0 Å². The first-order valence-electron chi connectivity index (χ1n) is 9.56. The van der Waals surface area contributed by atoms with Gasteiger partial charge in [-0.1, -0.05) is 12.1 Å². The lowest BCUT2D eigenvalue weighted by atomic mass is 10.1. The van der Waals surface area contributed by atoms with Gasteiger partial charge >= 0.3 is 0 Å². The molecule has 1 unspecified atom stereocenters. The van der Waals surface area contributed by atoms with E-state index < -0.39 is 0 Å². The second-order valence-corrected chi connectivity index (χ2v) is 6.75. The molecule has 1 atom stereocenters. The first-order chi connectivity index (χ1) is 12.6. The summed E-state index contributed by atoms with van der Waals surface area (Å²) >= 11 is 0. The summed E-state index contributed by atoms with van der Waals surface area (Å²) in [6, 6.07) is 7.99. The first-order valence-corrected chi connectivity index (χ1v) is 9.56. The number of carbonyl (C=O) groups is 1. The van der Waals surface area contributed by atoms with Crippen LogP contribution in [-0.2, 0) is 11.3 Å². The van der Waals surface area contributed by atoms with Crippen molar-refractivity contribution in [1.29, 1.82) is 0 Å². The van der Waals surface area contributed by atoms with Crippen LogP contribution in [0.3, 0.4) is 0 Å². The lowest BCUT2D eigenvalue weighted by Crippen LogP contribution is -2.43. The summed E-state index contributed by atoms with van der Waals surface area (Å²) in [7, 11) is 1.69. The average molecular weight is 488 g/mol.